The van der Waals surface area contributed by atoms with E-state index in [2.05, 4.69) is 0 Å². The average Bonchev–Trinajstić information content (AvgIpc) is 1.97. The first-order valence-electron chi connectivity index (χ1n) is 2.62. The SMILES string of the molecule is O=c1cc(O)c(=O)c(=O)c1=O. The maximum absolute atomic E-state index is 10.4. The normalized spacial score (nSPS) is 9.82. The summed E-state index contributed by atoms with van der Waals surface area (Å²) in [5.74, 6) is -0.973. The van der Waals surface area contributed by atoms with E-state index < -0.39 is 27.5 Å². The van der Waals surface area contributed by atoms with Gasteiger partial charge in [0.25, 0.3) is 16.3 Å². The number of benzene rings is 1. The van der Waals surface area contributed by atoms with Crippen LogP contribution in [-0.4, -0.2) is 5.11 Å². The van der Waals surface area contributed by atoms with Gasteiger partial charge in [-0.25, -0.2) is 0 Å². The van der Waals surface area contributed by atoms with Crippen molar-refractivity contribution >= 4 is 0 Å². The standard InChI is InChI=1S/C6H2O5/c7-2-1-3(8)5(10)6(11)4(2)9/h1,7H. The van der Waals surface area contributed by atoms with Crippen molar-refractivity contribution in [2.45, 2.75) is 0 Å². The van der Waals surface area contributed by atoms with Crippen molar-refractivity contribution in [3.05, 3.63) is 47.0 Å². The van der Waals surface area contributed by atoms with E-state index in [0.29, 0.717) is 6.07 Å². The highest BCUT2D eigenvalue weighted by atomic mass is 16.3. The molecule has 0 saturated heterocycles. The van der Waals surface area contributed by atoms with Crippen molar-refractivity contribution < 1.29 is 5.11 Å². The third-order valence-corrected chi connectivity index (χ3v) is 1.14. The lowest BCUT2D eigenvalue weighted by Crippen LogP contribution is -2.45. The van der Waals surface area contributed by atoms with Gasteiger partial charge >= 0.3 is 0 Å². The van der Waals surface area contributed by atoms with Crippen LogP contribution < -0.4 is 21.7 Å². The molecular weight excluding hydrogens is 152 g/mol. The van der Waals surface area contributed by atoms with E-state index in [1.165, 1.54) is 0 Å². The van der Waals surface area contributed by atoms with Crippen LogP contribution in [-0.2, 0) is 0 Å². The molecule has 0 heterocycles. The Morgan fingerprint density at radius 2 is 1.45 bits per heavy atom. The highest BCUT2D eigenvalue weighted by Crippen LogP contribution is 1.85. The monoisotopic (exact) mass is 154 g/mol. The van der Waals surface area contributed by atoms with Crippen LogP contribution in [0, 0.1) is 0 Å². The molecule has 0 atom stereocenters. The Hall–Kier alpha value is -1.78. The molecule has 5 heteroatoms. The van der Waals surface area contributed by atoms with Crippen LogP contribution in [0.5, 0.6) is 5.75 Å². The number of rotatable bonds is 0. The van der Waals surface area contributed by atoms with Crippen LogP contribution >= 0.6 is 0 Å². The molecule has 0 saturated carbocycles. The van der Waals surface area contributed by atoms with Crippen molar-refractivity contribution in [2.24, 2.45) is 0 Å². The maximum Gasteiger partial charge on any atom is 0.280 e. The maximum atomic E-state index is 10.4. The largest absolute Gasteiger partial charge is 0.504 e. The molecule has 0 amide bonds. The predicted molar refractivity (Wildman–Crippen MR) is 35.6 cm³/mol. The first-order chi connectivity index (χ1) is 5.04. The van der Waals surface area contributed by atoms with Gasteiger partial charge in [-0.05, 0) is 0 Å². The summed E-state index contributed by atoms with van der Waals surface area (Å²) in [6.07, 6.45) is 0. The molecule has 0 aliphatic rings. The van der Waals surface area contributed by atoms with Gasteiger partial charge in [-0.1, -0.05) is 0 Å². The topological polar surface area (TPSA) is 88.5 Å². The second kappa shape index (κ2) is 2.12. The molecule has 1 rings (SSSR count). The van der Waals surface area contributed by atoms with Crippen LogP contribution in [0.1, 0.15) is 0 Å². The highest BCUT2D eigenvalue weighted by Gasteiger charge is 2.07. The minimum atomic E-state index is -1.48. The van der Waals surface area contributed by atoms with Crippen LogP contribution in [0.25, 0.3) is 0 Å². The third-order valence-electron chi connectivity index (χ3n) is 1.14. The predicted octanol–water partition coefficient (Wildman–Crippen LogP) is -2.29. The van der Waals surface area contributed by atoms with Gasteiger partial charge in [0.1, 0.15) is 0 Å². The van der Waals surface area contributed by atoms with Crippen molar-refractivity contribution in [3.8, 4) is 5.75 Å². The first kappa shape index (κ1) is 7.33. The van der Waals surface area contributed by atoms with E-state index in [1.807, 2.05) is 0 Å². The molecule has 0 radical (unpaired) electrons. The zero-order valence-electron chi connectivity index (χ0n) is 5.16. The van der Waals surface area contributed by atoms with Gasteiger partial charge in [-0.15, -0.1) is 0 Å². The number of phenols is 1. The third kappa shape index (κ3) is 0.958. The second-order valence-electron chi connectivity index (χ2n) is 1.88. The molecule has 0 aliphatic heterocycles. The highest BCUT2D eigenvalue weighted by molar-refractivity contribution is 5.19. The zero-order chi connectivity index (χ0) is 8.59. The molecule has 11 heavy (non-hydrogen) atoms. The number of aromatic hydroxyl groups is 1. The Morgan fingerprint density at radius 3 is 2.00 bits per heavy atom. The fourth-order valence-electron chi connectivity index (χ4n) is 0.587. The lowest BCUT2D eigenvalue weighted by atomic mass is 10.3. The smallest absolute Gasteiger partial charge is 0.280 e. The number of hydrogen-bond acceptors (Lipinski definition) is 5. The molecule has 0 bridgehead atoms. The lowest BCUT2D eigenvalue weighted by Gasteiger charge is -1.80. The quantitative estimate of drug-likeness (QED) is 0.425. The van der Waals surface area contributed by atoms with Crippen LogP contribution in [0.3, 0.4) is 0 Å². The molecule has 0 unspecified atom stereocenters. The second-order valence-corrected chi connectivity index (χ2v) is 1.88. The minimum absolute atomic E-state index is 0.437. The summed E-state index contributed by atoms with van der Waals surface area (Å²) in [7, 11) is 0. The summed E-state index contributed by atoms with van der Waals surface area (Å²) in [4.78, 5) is 41.7. The van der Waals surface area contributed by atoms with Gasteiger partial charge in [-0.2, -0.15) is 0 Å². The lowest BCUT2D eigenvalue weighted by molar-refractivity contribution is 0.468. The molecule has 56 valence electrons. The summed E-state index contributed by atoms with van der Waals surface area (Å²) in [5.41, 5.74) is -5.36. The zero-order valence-corrected chi connectivity index (χ0v) is 5.16. The molecule has 0 aliphatic carbocycles. The minimum Gasteiger partial charge on any atom is -0.504 e. The molecule has 0 fully saturated rings. The summed E-state index contributed by atoms with van der Waals surface area (Å²) >= 11 is 0. The van der Waals surface area contributed by atoms with E-state index in [4.69, 9.17) is 5.11 Å². The molecule has 1 aromatic carbocycles. The molecule has 1 N–H and O–H groups in total. The summed E-state index contributed by atoms with van der Waals surface area (Å²) in [6, 6.07) is 0.437. The van der Waals surface area contributed by atoms with Crippen molar-refractivity contribution in [2.75, 3.05) is 0 Å². The summed E-state index contributed by atoms with van der Waals surface area (Å²) in [6.45, 7) is 0. The molecular formula is C6H2O5. The van der Waals surface area contributed by atoms with E-state index in [-0.39, 0.29) is 0 Å². The van der Waals surface area contributed by atoms with Gasteiger partial charge in [0.05, 0.1) is 0 Å². The summed E-state index contributed by atoms with van der Waals surface area (Å²) in [5, 5.41) is 8.55. The fraction of sp³-hybridized carbons (Fsp3) is 0. The Bertz CT molecular complexity index is 477. The van der Waals surface area contributed by atoms with Crippen molar-refractivity contribution in [3.63, 3.8) is 0 Å². The van der Waals surface area contributed by atoms with Gasteiger partial charge in [0, 0.05) is 6.07 Å². The van der Waals surface area contributed by atoms with Crippen LogP contribution in [0.2, 0.25) is 0 Å². The van der Waals surface area contributed by atoms with Crippen LogP contribution in [0.4, 0.5) is 0 Å². The van der Waals surface area contributed by atoms with E-state index >= 15 is 0 Å². The fourth-order valence-corrected chi connectivity index (χ4v) is 0.587. The van der Waals surface area contributed by atoms with Crippen LogP contribution in [0.15, 0.2) is 25.2 Å². The van der Waals surface area contributed by atoms with E-state index in [0.717, 1.165) is 0 Å². The summed E-state index contributed by atoms with van der Waals surface area (Å²) < 4.78 is 0. The van der Waals surface area contributed by atoms with Crippen molar-refractivity contribution in [1.82, 2.24) is 0 Å². The van der Waals surface area contributed by atoms with Crippen molar-refractivity contribution in [1.29, 1.82) is 0 Å². The Kier molecular flexibility index (Phi) is 1.41. The molecule has 0 aromatic heterocycles. The molecule has 0 spiro atoms. The number of phenolic OH excluding ortho intramolecular Hbond substituents is 1. The molecule has 1 aromatic rings. The van der Waals surface area contributed by atoms with Gasteiger partial charge in [0.2, 0.25) is 5.43 Å². The van der Waals surface area contributed by atoms with E-state index in [9.17, 15) is 19.2 Å². The average molecular weight is 154 g/mol. The van der Waals surface area contributed by atoms with Gasteiger partial charge in [0.15, 0.2) is 5.75 Å². The number of hydrogen-bond donors (Lipinski definition) is 1. The van der Waals surface area contributed by atoms with Gasteiger partial charge < -0.3 is 5.11 Å². The van der Waals surface area contributed by atoms with Gasteiger partial charge in [-0.3, -0.25) is 19.2 Å². The first-order valence-corrected chi connectivity index (χ1v) is 2.62. The Balaban J connectivity index is 4.06. The molecule has 5 nitrogen and oxygen atoms in total. The Morgan fingerprint density at radius 1 is 0.909 bits per heavy atom. The van der Waals surface area contributed by atoms with E-state index in [1.54, 1.807) is 0 Å². The Labute approximate surface area is 58.9 Å².